The van der Waals surface area contributed by atoms with Crippen molar-refractivity contribution in [1.82, 2.24) is 9.88 Å². The molecule has 128 valence electrons. The van der Waals surface area contributed by atoms with E-state index in [2.05, 4.69) is 15.2 Å². The van der Waals surface area contributed by atoms with E-state index in [9.17, 15) is 4.79 Å². The molecule has 1 aliphatic heterocycles. The van der Waals surface area contributed by atoms with Crippen LogP contribution in [-0.4, -0.2) is 35.4 Å². The number of hydrogen-bond acceptors (Lipinski definition) is 4. The minimum Gasteiger partial charge on any atom is -0.316 e. The van der Waals surface area contributed by atoms with Crippen molar-refractivity contribution in [2.75, 3.05) is 25.0 Å². The zero-order valence-electron chi connectivity index (χ0n) is 14.0. The summed E-state index contributed by atoms with van der Waals surface area (Å²) in [4.78, 5) is 19.0. The number of hydrogen-bond donors (Lipinski definition) is 1. The van der Waals surface area contributed by atoms with Crippen LogP contribution >= 0.6 is 11.3 Å². The van der Waals surface area contributed by atoms with E-state index >= 15 is 0 Å². The average molecular weight is 343 g/mol. The third-order valence-corrected chi connectivity index (χ3v) is 5.33. The molecule has 2 aromatic rings. The maximum absolute atomic E-state index is 12.1. The first-order valence-electron chi connectivity index (χ1n) is 8.85. The van der Waals surface area contributed by atoms with Crippen molar-refractivity contribution < 1.29 is 4.79 Å². The molecule has 24 heavy (non-hydrogen) atoms. The van der Waals surface area contributed by atoms with Crippen molar-refractivity contribution >= 4 is 22.2 Å². The van der Waals surface area contributed by atoms with E-state index in [0.29, 0.717) is 6.42 Å². The predicted octanol–water partition coefficient (Wildman–Crippen LogP) is 4.40. The normalized spacial score (nSPS) is 15.8. The van der Waals surface area contributed by atoms with Gasteiger partial charge in [-0.05, 0) is 38.9 Å². The highest BCUT2D eigenvalue weighted by Gasteiger charge is 2.11. The van der Waals surface area contributed by atoms with Crippen molar-refractivity contribution in [3.8, 4) is 10.6 Å². The summed E-state index contributed by atoms with van der Waals surface area (Å²) in [5.41, 5.74) is 1.09. The van der Waals surface area contributed by atoms with E-state index in [1.165, 1.54) is 50.1 Å². The Morgan fingerprint density at radius 3 is 2.62 bits per heavy atom. The summed E-state index contributed by atoms with van der Waals surface area (Å²) < 4.78 is 0. The highest BCUT2D eigenvalue weighted by atomic mass is 32.1. The summed E-state index contributed by atoms with van der Waals surface area (Å²) in [5.74, 6) is 0.0908. The zero-order valence-corrected chi connectivity index (χ0v) is 14.9. The van der Waals surface area contributed by atoms with E-state index < -0.39 is 0 Å². The Bertz CT molecular complexity index is 633. The molecule has 1 fully saturated rings. The molecule has 5 heteroatoms. The van der Waals surface area contributed by atoms with Crippen LogP contribution in [0.2, 0.25) is 0 Å². The van der Waals surface area contributed by atoms with Crippen molar-refractivity contribution in [2.45, 2.75) is 38.5 Å². The van der Waals surface area contributed by atoms with Gasteiger partial charge in [-0.15, -0.1) is 0 Å². The van der Waals surface area contributed by atoms with Crippen LogP contribution in [0, 0.1) is 0 Å². The second-order valence-electron chi connectivity index (χ2n) is 6.30. The number of aromatic nitrogens is 1. The van der Waals surface area contributed by atoms with Gasteiger partial charge in [0.2, 0.25) is 5.91 Å². The van der Waals surface area contributed by atoms with Gasteiger partial charge >= 0.3 is 0 Å². The number of amides is 1. The van der Waals surface area contributed by atoms with Gasteiger partial charge in [-0.2, -0.15) is 0 Å². The molecule has 4 nitrogen and oxygen atoms in total. The Kier molecular flexibility index (Phi) is 6.38. The van der Waals surface area contributed by atoms with Crippen LogP contribution in [0.25, 0.3) is 10.6 Å². The number of thiazole rings is 1. The zero-order chi connectivity index (χ0) is 16.6. The van der Waals surface area contributed by atoms with Gasteiger partial charge in [0.05, 0.1) is 6.20 Å². The van der Waals surface area contributed by atoms with Crippen molar-refractivity contribution in [3.63, 3.8) is 0 Å². The smallest absolute Gasteiger partial charge is 0.225 e. The first kappa shape index (κ1) is 17.1. The second-order valence-corrected chi connectivity index (χ2v) is 7.33. The van der Waals surface area contributed by atoms with Gasteiger partial charge in [0.25, 0.3) is 0 Å². The third-order valence-electron chi connectivity index (χ3n) is 4.37. The Morgan fingerprint density at radius 2 is 1.88 bits per heavy atom. The van der Waals surface area contributed by atoms with Gasteiger partial charge < -0.3 is 10.2 Å². The molecule has 0 bridgehead atoms. The fourth-order valence-corrected chi connectivity index (χ4v) is 3.91. The van der Waals surface area contributed by atoms with Gasteiger partial charge in [0, 0.05) is 12.0 Å². The summed E-state index contributed by atoms with van der Waals surface area (Å²) in [6, 6.07) is 10.1. The summed E-state index contributed by atoms with van der Waals surface area (Å²) in [5, 5.41) is 4.75. The molecule has 0 aliphatic carbocycles. The van der Waals surface area contributed by atoms with Crippen molar-refractivity contribution in [1.29, 1.82) is 0 Å². The van der Waals surface area contributed by atoms with Crippen molar-refractivity contribution in [2.24, 2.45) is 0 Å². The lowest BCUT2D eigenvalue weighted by Crippen LogP contribution is -2.26. The molecule has 1 aromatic carbocycles. The summed E-state index contributed by atoms with van der Waals surface area (Å²) >= 11 is 1.53. The van der Waals surface area contributed by atoms with Crippen LogP contribution in [0.3, 0.4) is 0 Å². The minimum atomic E-state index is 0.0908. The fraction of sp³-hybridized carbons (Fsp3) is 0.474. The molecule has 0 saturated carbocycles. The number of benzene rings is 1. The first-order valence-corrected chi connectivity index (χ1v) is 9.66. The Labute approximate surface area is 147 Å². The van der Waals surface area contributed by atoms with Crippen LogP contribution in [0.15, 0.2) is 36.5 Å². The summed E-state index contributed by atoms with van der Waals surface area (Å²) in [7, 11) is 0. The van der Waals surface area contributed by atoms with E-state index in [4.69, 9.17) is 0 Å². The number of carbonyl (C=O) groups excluding carboxylic acids is 1. The quantitative estimate of drug-likeness (QED) is 0.845. The molecule has 1 aliphatic rings. The Morgan fingerprint density at radius 1 is 1.12 bits per heavy atom. The summed E-state index contributed by atoms with van der Waals surface area (Å²) in [6.07, 6.45) is 8.56. The van der Waals surface area contributed by atoms with Crippen LogP contribution in [0.1, 0.15) is 38.5 Å². The summed E-state index contributed by atoms with van der Waals surface area (Å²) in [6.45, 7) is 3.42. The maximum Gasteiger partial charge on any atom is 0.225 e. The molecule has 1 N–H and O–H groups in total. The molecule has 0 unspecified atom stereocenters. The largest absolute Gasteiger partial charge is 0.316 e. The average Bonchev–Trinajstić information content (AvgIpc) is 2.90. The lowest BCUT2D eigenvalue weighted by atomic mass is 10.2. The SMILES string of the molecule is O=C(CCCN1CCCCCC1)Nc1cnc(-c2ccccc2)s1. The number of anilines is 1. The highest BCUT2D eigenvalue weighted by Crippen LogP contribution is 2.28. The minimum absolute atomic E-state index is 0.0908. The first-order chi connectivity index (χ1) is 11.8. The topological polar surface area (TPSA) is 45.2 Å². The molecule has 3 rings (SSSR count). The third kappa shape index (κ3) is 5.14. The van der Waals surface area contributed by atoms with Crippen LogP contribution in [0.4, 0.5) is 5.00 Å². The Balaban J connectivity index is 1.43. The van der Waals surface area contributed by atoms with Gasteiger partial charge in [0.15, 0.2) is 0 Å². The molecular formula is C19H25N3OS. The van der Waals surface area contributed by atoms with E-state index in [1.807, 2.05) is 30.3 Å². The number of carbonyl (C=O) groups is 1. The van der Waals surface area contributed by atoms with Gasteiger partial charge in [0.1, 0.15) is 10.0 Å². The fourth-order valence-electron chi connectivity index (χ4n) is 3.07. The molecule has 2 heterocycles. The standard InChI is InChI=1S/C19H25N3OS/c23-17(11-8-14-22-12-6-1-2-7-13-22)21-18-15-20-19(24-18)16-9-4-3-5-10-16/h3-5,9-10,15H,1-2,6-8,11-14H2,(H,21,23). The monoisotopic (exact) mass is 343 g/mol. The number of nitrogens with one attached hydrogen (secondary N) is 1. The Hall–Kier alpha value is -1.72. The molecular weight excluding hydrogens is 318 g/mol. The lowest BCUT2D eigenvalue weighted by Gasteiger charge is -2.19. The predicted molar refractivity (Wildman–Crippen MR) is 100 cm³/mol. The molecule has 1 amide bonds. The molecule has 1 saturated heterocycles. The van der Waals surface area contributed by atoms with E-state index in [1.54, 1.807) is 6.20 Å². The van der Waals surface area contributed by atoms with Gasteiger partial charge in [-0.3, -0.25) is 4.79 Å². The van der Waals surface area contributed by atoms with Crippen LogP contribution in [-0.2, 0) is 4.79 Å². The molecule has 0 atom stereocenters. The van der Waals surface area contributed by atoms with Crippen LogP contribution < -0.4 is 5.32 Å². The molecule has 0 radical (unpaired) electrons. The number of nitrogens with zero attached hydrogens (tertiary/aromatic N) is 2. The maximum atomic E-state index is 12.1. The second kappa shape index (κ2) is 8.94. The number of likely N-dealkylation sites (tertiary alicyclic amines) is 1. The van der Waals surface area contributed by atoms with E-state index in [0.717, 1.165) is 28.5 Å². The number of rotatable bonds is 6. The van der Waals surface area contributed by atoms with Crippen molar-refractivity contribution in [3.05, 3.63) is 36.5 Å². The molecule has 0 spiro atoms. The van der Waals surface area contributed by atoms with Crippen LogP contribution in [0.5, 0.6) is 0 Å². The highest BCUT2D eigenvalue weighted by molar-refractivity contribution is 7.19. The van der Waals surface area contributed by atoms with E-state index in [-0.39, 0.29) is 5.91 Å². The lowest BCUT2D eigenvalue weighted by molar-refractivity contribution is -0.116. The molecule has 1 aromatic heterocycles. The van der Waals surface area contributed by atoms with Gasteiger partial charge in [-0.1, -0.05) is 54.5 Å². The van der Waals surface area contributed by atoms with Gasteiger partial charge in [-0.25, -0.2) is 4.98 Å².